The Balaban J connectivity index is 1.74. The van der Waals surface area contributed by atoms with Gasteiger partial charge in [-0.3, -0.25) is 9.80 Å². The summed E-state index contributed by atoms with van der Waals surface area (Å²) in [6.45, 7) is 5.84. The van der Waals surface area contributed by atoms with E-state index >= 15 is 0 Å². The normalized spacial score (nSPS) is 26.2. The maximum atomic E-state index is 10.1. The van der Waals surface area contributed by atoms with Crippen LogP contribution in [0.4, 0.5) is 0 Å². The molecule has 116 valence electrons. The molecule has 0 amide bonds. The van der Waals surface area contributed by atoms with Gasteiger partial charge in [0.1, 0.15) is 5.75 Å². The fraction of sp³-hybridized carbons (Fsp3) is 0.667. The predicted molar refractivity (Wildman–Crippen MR) is 86.7 cm³/mol. The summed E-state index contributed by atoms with van der Waals surface area (Å²) in [5.41, 5.74) is 2.53. The summed E-state index contributed by atoms with van der Waals surface area (Å²) in [5.74, 6) is 0.488. The van der Waals surface area contributed by atoms with Gasteiger partial charge in [-0.2, -0.15) is 0 Å². The third kappa shape index (κ3) is 2.95. The Morgan fingerprint density at radius 3 is 2.95 bits per heavy atom. The van der Waals surface area contributed by atoms with Crippen molar-refractivity contribution in [2.75, 3.05) is 26.7 Å². The number of aromatic hydroxyl groups is 1. The van der Waals surface area contributed by atoms with E-state index in [1.807, 2.05) is 12.1 Å². The van der Waals surface area contributed by atoms with Crippen LogP contribution in [0.3, 0.4) is 0 Å². The van der Waals surface area contributed by atoms with E-state index in [9.17, 15) is 5.11 Å². The summed E-state index contributed by atoms with van der Waals surface area (Å²) < 4.78 is 0. The molecule has 1 aliphatic heterocycles. The van der Waals surface area contributed by atoms with Crippen LogP contribution < -0.4 is 0 Å². The molecule has 0 bridgehead atoms. The molecule has 2 atom stereocenters. The van der Waals surface area contributed by atoms with Gasteiger partial charge in [0.05, 0.1) is 0 Å². The monoisotopic (exact) mass is 288 g/mol. The molecule has 21 heavy (non-hydrogen) atoms. The number of hydrogen-bond acceptors (Lipinski definition) is 3. The Bertz CT molecular complexity index is 488. The van der Waals surface area contributed by atoms with Gasteiger partial charge in [-0.15, -0.1) is 0 Å². The van der Waals surface area contributed by atoms with Crippen LogP contribution in [0.2, 0.25) is 0 Å². The van der Waals surface area contributed by atoms with Crippen molar-refractivity contribution in [2.45, 2.75) is 51.1 Å². The van der Waals surface area contributed by atoms with Gasteiger partial charge in [-0.05, 0) is 69.4 Å². The first kappa shape index (κ1) is 14.9. The van der Waals surface area contributed by atoms with Gasteiger partial charge in [0, 0.05) is 18.6 Å². The van der Waals surface area contributed by atoms with Crippen LogP contribution in [-0.2, 0) is 6.42 Å². The zero-order chi connectivity index (χ0) is 14.8. The minimum atomic E-state index is 0.472. The van der Waals surface area contributed by atoms with Gasteiger partial charge in [0.15, 0.2) is 0 Å². The van der Waals surface area contributed by atoms with E-state index in [0.29, 0.717) is 17.8 Å². The number of phenols is 1. The van der Waals surface area contributed by atoms with Crippen LogP contribution >= 0.6 is 0 Å². The van der Waals surface area contributed by atoms with E-state index in [1.54, 1.807) is 0 Å². The lowest BCUT2D eigenvalue weighted by molar-refractivity contribution is 0.152. The molecule has 1 aromatic rings. The van der Waals surface area contributed by atoms with Gasteiger partial charge < -0.3 is 5.11 Å². The molecular formula is C18H28N2O. The molecule has 1 saturated heterocycles. The van der Waals surface area contributed by atoms with Crippen LogP contribution in [0.15, 0.2) is 18.2 Å². The first-order valence-electron chi connectivity index (χ1n) is 8.45. The molecule has 2 aliphatic rings. The smallest absolute Gasteiger partial charge is 0.119 e. The molecule has 1 aromatic carbocycles. The molecule has 1 fully saturated rings. The number of phenolic OH excluding ortho intramolecular Hbond substituents is 1. The van der Waals surface area contributed by atoms with E-state index < -0.39 is 0 Å². The van der Waals surface area contributed by atoms with Crippen molar-refractivity contribution in [3.8, 4) is 5.75 Å². The van der Waals surface area contributed by atoms with Crippen LogP contribution in [-0.4, -0.2) is 47.6 Å². The largest absolute Gasteiger partial charge is 0.508 e. The van der Waals surface area contributed by atoms with E-state index in [2.05, 4.69) is 29.8 Å². The quantitative estimate of drug-likeness (QED) is 0.922. The number of benzene rings is 1. The second-order valence-electron chi connectivity index (χ2n) is 6.62. The van der Waals surface area contributed by atoms with Crippen molar-refractivity contribution in [3.05, 3.63) is 29.3 Å². The zero-order valence-electron chi connectivity index (χ0n) is 13.4. The summed E-state index contributed by atoms with van der Waals surface area (Å²) in [4.78, 5) is 5.14. The average molecular weight is 288 g/mol. The summed E-state index contributed by atoms with van der Waals surface area (Å²) in [7, 11) is 2.26. The summed E-state index contributed by atoms with van der Waals surface area (Å²) in [6, 6.07) is 7.22. The molecular weight excluding hydrogens is 260 g/mol. The fourth-order valence-corrected chi connectivity index (χ4v) is 4.24. The zero-order valence-corrected chi connectivity index (χ0v) is 13.4. The van der Waals surface area contributed by atoms with Crippen molar-refractivity contribution in [3.63, 3.8) is 0 Å². The molecule has 0 radical (unpaired) electrons. The highest BCUT2D eigenvalue weighted by molar-refractivity contribution is 5.42. The van der Waals surface area contributed by atoms with Gasteiger partial charge in [0.2, 0.25) is 0 Å². The second-order valence-corrected chi connectivity index (χ2v) is 6.62. The van der Waals surface area contributed by atoms with Crippen LogP contribution in [0, 0.1) is 0 Å². The van der Waals surface area contributed by atoms with Gasteiger partial charge in [-0.1, -0.05) is 19.1 Å². The minimum Gasteiger partial charge on any atom is -0.508 e. The molecule has 1 N–H and O–H groups in total. The Labute approximate surface area is 128 Å². The molecule has 0 saturated carbocycles. The van der Waals surface area contributed by atoms with E-state index in [-0.39, 0.29) is 0 Å². The molecule has 3 rings (SSSR count). The van der Waals surface area contributed by atoms with Gasteiger partial charge in [0.25, 0.3) is 0 Å². The van der Waals surface area contributed by atoms with Crippen molar-refractivity contribution in [1.29, 1.82) is 0 Å². The van der Waals surface area contributed by atoms with Crippen LogP contribution in [0.1, 0.15) is 49.8 Å². The van der Waals surface area contributed by atoms with Crippen molar-refractivity contribution >= 4 is 0 Å². The van der Waals surface area contributed by atoms with Gasteiger partial charge >= 0.3 is 0 Å². The lowest BCUT2D eigenvalue weighted by Gasteiger charge is -2.36. The SMILES string of the molecule is CCN1CCCC1CN(C)C1CCCc2c(O)cccc21. The standard InChI is InChI=1S/C18H28N2O/c1-3-20-12-6-7-14(20)13-19(2)17-10-4-9-16-15(17)8-5-11-18(16)21/h5,8,11,14,17,21H,3-4,6-7,9-10,12-13H2,1-2H3. The number of likely N-dealkylation sites (tertiary alicyclic amines) is 1. The molecule has 1 heterocycles. The number of rotatable bonds is 4. The minimum absolute atomic E-state index is 0.472. The summed E-state index contributed by atoms with van der Waals surface area (Å²) >= 11 is 0. The first-order valence-corrected chi connectivity index (χ1v) is 8.45. The lowest BCUT2D eigenvalue weighted by Crippen LogP contribution is -2.40. The van der Waals surface area contributed by atoms with E-state index in [0.717, 1.165) is 13.0 Å². The Morgan fingerprint density at radius 2 is 2.14 bits per heavy atom. The highest BCUT2D eigenvalue weighted by atomic mass is 16.3. The lowest BCUT2D eigenvalue weighted by atomic mass is 9.86. The summed E-state index contributed by atoms with van der Waals surface area (Å²) in [6.07, 6.45) is 6.09. The molecule has 3 nitrogen and oxygen atoms in total. The highest BCUT2D eigenvalue weighted by Gasteiger charge is 2.29. The van der Waals surface area contributed by atoms with E-state index in [1.165, 1.54) is 49.9 Å². The van der Waals surface area contributed by atoms with Crippen molar-refractivity contribution in [1.82, 2.24) is 9.80 Å². The molecule has 3 heteroatoms. The average Bonchev–Trinajstić information content (AvgIpc) is 2.94. The Morgan fingerprint density at radius 1 is 1.29 bits per heavy atom. The molecule has 0 aromatic heterocycles. The maximum Gasteiger partial charge on any atom is 0.119 e. The van der Waals surface area contributed by atoms with Crippen molar-refractivity contribution in [2.24, 2.45) is 0 Å². The third-order valence-electron chi connectivity index (χ3n) is 5.39. The summed E-state index contributed by atoms with van der Waals surface area (Å²) in [5, 5.41) is 10.1. The molecule has 0 spiro atoms. The molecule has 2 unspecified atom stereocenters. The van der Waals surface area contributed by atoms with Crippen LogP contribution in [0.25, 0.3) is 0 Å². The van der Waals surface area contributed by atoms with Crippen LogP contribution in [0.5, 0.6) is 5.75 Å². The number of nitrogens with zero attached hydrogens (tertiary/aromatic N) is 2. The molecule has 1 aliphatic carbocycles. The fourth-order valence-electron chi connectivity index (χ4n) is 4.24. The van der Waals surface area contributed by atoms with Gasteiger partial charge in [-0.25, -0.2) is 0 Å². The first-order chi connectivity index (χ1) is 10.2. The Hall–Kier alpha value is -1.06. The third-order valence-corrected chi connectivity index (χ3v) is 5.39. The number of hydrogen-bond donors (Lipinski definition) is 1. The maximum absolute atomic E-state index is 10.1. The highest BCUT2D eigenvalue weighted by Crippen LogP contribution is 2.38. The van der Waals surface area contributed by atoms with E-state index in [4.69, 9.17) is 0 Å². The topological polar surface area (TPSA) is 26.7 Å². The number of likely N-dealkylation sites (N-methyl/N-ethyl adjacent to an activating group) is 2. The predicted octanol–water partition coefficient (Wildman–Crippen LogP) is 3.19. The number of fused-ring (bicyclic) bond motifs is 1. The second kappa shape index (κ2) is 6.37. The Kier molecular flexibility index (Phi) is 4.51. The van der Waals surface area contributed by atoms with Crippen molar-refractivity contribution < 1.29 is 5.11 Å².